The number of aliphatic carboxylic acids is 1. The molecule has 7 nitrogen and oxygen atoms in total. The van der Waals surface area contributed by atoms with E-state index in [1.54, 1.807) is 0 Å². The van der Waals surface area contributed by atoms with Crippen molar-refractivity contribution in [1.29, 1.82) is 0 Å². The standard InChI is InChI=1S/C11H17N3O4/c15-9-4-3-7(6-12-9)13-11(18)14-5-1-2-8(14)10(16)17/h7-8H,1-6H2,(H,12,15)(H,13,18)(H,16,17)/t7?,8-/m1/s1. The minimum Gasteiger partial charge on any atom is -0.480 e. The number of carbonyl (C=O) groups excluding carboxylic acids is 2. The summed E-state index contributed by atoms with van der Waals surface area (Å²) in [6.07, 6.45) is 2.21. The lowest BCUT2D eigenvalue weighted by Gasteiger charge is -2.28. The molecule has 0 radical (unpaired) electrons. The van der Waals surface area contributed by atoms with Crippen molar-refractivity contribution < 1.29 is 19.5 Å². The van der Waals surface area contributed by atoms with Gasteiger partial charge in [0.05, 0.1) is 0 Å². The first-order valence-electron chi connectivity index (χ1n) is 6.14. The van der Waals surface area contributed by atoms with Gasteiger partial charge in [0.2, 0.25) is 5.91 Å². The molecule has 2 aliphatic heterocycles. The number of rotatable bonds is 2. The molecule has 3 N–H and O–H groups in total. The average molecular weight is 255 g/mol. The molecule has 2 aliphatic rings. The van der Waals surface area contributed by atoms with Crippen LogP contribution in [0, 0.1) is 0 Å². The van der Waals surface area contributed by atoms with Crippen LogP contribution in [0.4, 0.5) is 4.79 Å². The smallest absolute Gasteiger partial charge is 0.326 e. The zero-order valence-corrected chi connectivity index (χ0v) is 10.0. The third-order valence-electron chi connectivity index (χ3n) is 3.39. The number of urea groups is 1. The summed E-state index contributed by atoms with van der Waals surface area (Å²) in [6, 6.07) is -1.17. The maximum absolute atomic E-state index is 11.9. The van der Waals surface area contributed by atoms with Gasteiger partial charge in [0.1, 0.15) is 6.04 Å². The molecule has 100 valence electrons. The molecule has 0 saturated carbocycles. The van der Waals surface area contributed by atoms with Gasteiger partial charge in [-0.1, -0.05) is 0 Å². The number of likely N-dealkylation sites (tertiary alicyclic amines) is 1. The van der Waals surface area contributed by atoms with E-state index in [1.807, 2.05) is 0 Å². The Morgan fingerprint density at radius 2 is 2.17 bits per heavy atom. The van der Waals surface area contributed by atoms with E-state index in [4.69, 9.17) is 5.11 Å². The van der Waals surface area contributed by atoms with Crippen LogP contribution in [0.15, 0.2) is 0 Å². The first-order chi connectivity index (χ1) is 8.58. The highest BCUT2D eigenvalue weighted by Crippen LogP contribution is 2.17. The molecule has 2 rings (SSSR count). The monoisotopic (exact) mass is 255 g/mol. The van der Waals surface area contributed by atoms with E-state index >= 15 is 0 Å². The first kappa shape index (κ1) is 12.7. The summed E-state index contributed by atoms with van der Waals surface area (Å²) in [6.45, 7) is 0.887. The first-order valence-corrected chi connectivity index (χ1v) is 6.14. The summed E-state index contributed by atoms with van der Waals surface area (Å²) in [4.78, 5) is 35.3. The van der Waals surface area contributed by atoms with Crippen molar-refractivity contribution in [3.05, 3.63) is 0 Å². The van der Waals surface area contributed by atoms with Gasteiger partial charge < -0.3 is 20.6 Å². The van der Waals surface area contributed by atoms with Crippen molar-refractivity contribution in [2.24, 2.45) is 0 Å². The molecule has 2 atom stereocenters. The number of carboxylic acid groups (broad SMARTS) is 1. The summed E-state index contributed by atoms with van der Waals surface area (Å²) in [5, 5.41) is 14.4. The molecule has 0 spiro atoms. The fourth-order valence-electron chi connectivity index (χ4n) is 2.38. The molecular formula is C11H17N3O4. The molecule has 7 heteroatoms. The van der Waals surface area contributed by atoms with Gasteiger partial charge in [-0.05, 0) is 19.3 Å². The van der Waals surface area contributed by atoms with E-state index in [9.17, 15) is 14.4 Å². The Bertz CT molecular complexity index is 361. The molecule has 3 amide bonds. The second kappa shape index (κ2) is 5.24. The lowest BCUT2D eigenvalue weighted by atomic mass is 10.1. The lowest BCUT2D eigenvalue weighted by Crippen LogP contribution is -2.53. The van der Waals surface area contributed by atoms with Crippen LogP contribution < -0.4 is 10.6 Å². The van der Waals surface area contributed by atoms with Gasteiger partial charge in [-0.25, -0.2) is 9.59 Å². The number of hydrogen-bond acceptors (Lipinski definition) is 3. The molecule has 2 heterocycles. The highest BCUT2D eigenvalue weighted by atomic mass is 16.4. The summed E-state index contributed by atoms with van der Waals surface area (Å²) >= 11 is 0. The largest absolute Gasteiger partial charge is 0.480 e. The fourth-order valence-corrected chi connectivity index (χ4v) is 2.38. The molecular weight excluding hydrogens is 238 g/mol. The Kier molecular flexibility index (Phi) is 3.69. The van der Waals surface area contributed by atoms with E-state index in [0.717, 1.165) is 0 Å². The second-order valence-electron chi connectivity index (χ2n) is 4.68. The topological polar surface area (TPSA) is 98.7 Å². The van der Waals surface area contributed by atoms with E-state index in [0.29, 0.717) is 38.8 Å². The molecule has 2 saturated heterocycles. The predicted octanol–water partition coefficient (Wildman–Crippen LogP) is -0.476. The predicted molar refractivity (Wildman–Crippen MR) is 61.9 cm³/mol. The SMILES string of the molecule is O=C1CCC(NC(=O)N2CCC[C@@H]2C(=O)O)CN1. The zero-order valence-electron chi connectivity index (χ0n) is 10.0. The number of carbonyl (C=O) groups is 3. The van der Waals surface area contributed by atoms with Crippen LogP contribution in [0.3, 0.4) is 0 Å². The quantitative estimate of drug-likeness (QED) is 0.621. The maximum atomic E-state index is 11.9. The molecule has 0 aliphatic carbocycles. The summed E-state index contributed by atoms with van der Waals surface area (Å²) in [5.41, 5.74) is 0. The minimum atomic E-state index is -0.959. The molecule has 1 unspecified atom stereocenters. The van der Waals surface area contributed by atoms with E-state index in [-0.39, 0.29) is 18.0 Å². The number of amides is 3. The van der Waals surface area contributed by atoms with Gasteiger partial charge in [0.25, 0.3) is 0 Å². The summed E-state index contributed by atoms with van der Waals surface area (Å²) in [7, 11) is 0. The van der Waals surface area contributed by atoms with Gasteiger partial charge in [0.15, 0.2) is 0 Å². The third kappa shape index (κ3) is 2.72. The Hall–Kier alpha value is -1.79. The maximum Gasteiger partial charge on any atom is 0.326 e. The number of nitrogens with zero attached hydrogens (tertiary/aromatic N) is 1. The van der Waals surface area contributed by atoms with Gasteiger partial charge in [-0.15, -0.1) is 0 Å². The third-order valence-corrected chi connectivity index (χ3v) is 3.39. The van der Waals surface area contributed by atoms with Gasteiger partial charge in [-0.3, -0.25) is 4.79 Å². The van der Waals surface area contributed by atoms with Crippen LogP contribution in [0.5, 0.6) is 0 Å². The Morgan fingerprint density at radius 3 is 2.78 bits per heavy atom. The number of nitrogens with one attached hydrogen (secondary N) is 2. The fraction of sp³-hybridized carbons (Fsp3) is 0.727. The molecule has 0 bridgehead atoms. The van der Waals surface area contributed by atoms with Crippen molar-refractivity contribution in [2.75, 3.05) is 13.1 Å². The Labute approximate surface area is 105 Å². The van der Waals surface area contributed by atoms with Crippen molar-refractivity contribution in [2.45, 2.75) is 37.8 Å². The van der Waals surface area contributed by atoms with E-state index in [1.165, 1.54) is 4.90 Å². The molecule has 0 aromatic rings. The van der Waals surface area contributed by atoms with Crippen LogP contribution in [0.1, 0.15) is 25.7 Å². The zero-order chi connectivity index (χ0) is 13.1. The lowest BCUT2D eigenvalue weighted by molar-refractivity contribution is -0.141. The molecule has 0 aromatic heterocycles. The van der Waals surface area contributed by atoms with Crippen LogP contribution in [-0.4, -0.2) is 53.1 Å². The van der Waals surface area contributed by atoms with Crippen LogP contribution in [0.2, 0.25) is 0 Å². The number of piperidine rings is 1. The van der Waals surface area contributed by atoms with Crippen molar-refractivity contribution in [1.82, 2.24) is 15.5 Å². The van der Waals surface area contributed by atoms with E-state index in [2.05, 4.69) is 10.6 Å². The molecule has 0 aromatic carbocycles. The van der Waals surface area contributed by atoms with Gasteiger partial charge in [0, 0.05) is 25.6 Å². The number of carboxylic acids is 1. The van der Waals surface area contributed by atoms with Crippen molar-refractivity contribution >= 4 is 17.9 Å². The number of hydrogen-bond donors (Lipinski definition) is 3. The summed E-state index contributed by atoms with van der Waals surface area (Å²) < 4.78 is 0. The Morgan fingerprint density at radius 1 is 1.39 bits per heavy atom. The average Bonchev–Trinajstić information content (AvgIpc) is 2.81. The summed E-state index contributed by atoms with van der Waals surface area (Å²) in [5.74, 6) is -0.968. The Balaban J connectivity index is 1.87. The molecule has 2 fully saturated rings. The van der Waals surface area contributed by atoms with Crippen LogP contribution in [-0.2, 0) is 9.59 Å². The van der Waals surface area contributed by atoms with Crippen LogP contribution >= 0.6 is 0 Å². The van der Waals surface area contributed by atoms with Crippen molar-refractivity contribution in [3.8, 4) is 0 Å². The highest BCUT2D eigenvalue weighted by molar-refractivity contribution is 5.83. The highest BCUT2D eigenvalue weighted by Gasteiger charge is 2.35. The normalized spacial score (nSPS) is 27.8. The minimum absolute atomic E-state index is 0.00918. The van der Waals surface area contributed by atoms with Crippen LogP contribution in [0.25, 0.3) is 0 Å². The van der Waals surface area contributed by atoms with Crippen molar-refractivity contribution in [3.63, 3.8) is 0 Å². The molecule has 18 heavy (non-hydrogen) atoms. The van der Waals surface area contributed by atoms with Gasteiger partial charge in [-0.2, -0.15) is 0 Å². The second-order valence-corrected chi connectivity index (χ2v) is 4.68. The van der Waals surface area contributed by atoms with E-state index < -0.39 is 12.0 Å². The van der Waals surface area contributed by atoms with Gasteiger partial charge >= 0.3 is 12.0 Å².